The average molecular weight is 238 g/mol. The zero-order valence-corrected chi connectivity index (χ0v) is 10.6. The van der Waals surface area contributed by atoms with Crippen LogP contribution in [0.3, 0.4) is 0 Å². The molecular formula is C12H18N2OS. The zero-order chi connectivity index (χ0) is 11.6. The second-order valence-corrected chi connectivity index (χ2v) is 5.62. The van der Waals surface area contributed by atoms with Gasteiger partial charge in [-0.15, -0.1) is 0 Å². The molecule has 0 atom stereocenters. The van der Waals surface area contributed by atoms with Crippen molar-refractivity contribution in [3.05, 3.63) is 22.4 Å². The lowest BCUT2D eigenvalue weighted by atomic mass is 9.99. The quantitative estimate of drug-likeness (QED) is 0.847. The summed E-state index contributed by atoms with van der Waals surface area (Å²) < 4.78 is 0. The Morgan fingerprint density at radius 2 is 2.44 bits per heavy atom. The summed E-state index contributed by atoms with van der Waals surface area (Å²) in [5.74, 6) is 0.241. The van der Waals surface area contributed by atoms with Gasteiger partial charge in [-0.2, -0.15) is 11.3 Å². The predicted molar refractivity (Wildman–Crippen MR) is 66.7 cm³/mol. The van der Waals surface area contributed by atoms with Gasteiger partial charge in [0.25, 0.3) is 0 Å². The topological polar surface area (TPSA) is 32.3 Å². The van der Waals surface area contributed by atoms with Gasteiger partial charge in [0.05, 0.1) is 6.42 Å². The van der Waals surface area contributed by atoms with Crippen molar-refractivity contribution in [1.29, 1.82) is 0 Å². The third kappa shape index (κ3) is 2.44. The molecule has 16 heavy (non-hydrogen) atoms. The van der Waals surface area contributed by atoms with Gasteiger partial charge in [0.1, 0.15) is 0 Å². The summed E-state index contributed by atoms with van der Waals surface area (Å²) in [5, 5.41) is 7.39. The fourth-order valence-electron chi connectivity index (χ4n) is 2.11. The van der Waals surface area contributed by atoms with Crippen LogP contribution in [0, 0.1) is 0 Å². The largest absolute Gasteiger partial charge is 0.335 e. The van der Waals surface area contributed by atoms with Crippen molar-refractivity contribution in [3.63, 3.8) is 0 Å². The molecule has 3 nitrogen and oxygen atoms in total. The van der Waals surface area contributed by atoms with E-state index in [0.29, 0.717) is 6.42 Å². The molecule has 1 aromatic heterocycles. The third-order valence-electron chi connectivity index (χ3n) is 3.04. The number of nitrogens with zero attached hydrogens (tertiary/aromatic N) is 1. The van der Waals surface area contributed by atoms with Crippen LogP contribution in [0.15, 0.2) is 16.8 Å². The molecule has 2 heterocycles. The normalized spacial score (nSPS) is 19.8. The number of hydrogen-bond donors (Lipinski definition) is 1. The van der Waals surface area contributed by atoms with Crippen LogP contribution in [0.1, 0.15) is 19.4 Å². The zero-order valence-electron chi connectivity index (χ0n) is 9.82. The van der Waals surface area contributed by atoms with E-state index < -0.39 is 0 Å². The first-order valence-electron chi connectivity index (χ1n) is 5.62. The van der Waals surface area contributed by atoms with Gasteiger partial charge in [-0.1, -0.05) is 0 Å². The van der Waals surface area contributed by atoms with Crippen LogP contribution in [-0.2, 0) is 11.2 Å². The molecule has 88 valence electrons. The predicted octanol–water partition coefficient (Wildman–Crippen LogP) is 1.50. The number of thiophene rings is 1. The van der Waals surface area contributed by atoms with Crippen LogP contribution in [0.4, 0.5) is 0 Å². The summed E-state index contributed by atoms with van der Waals surface area (Å²) in [7, 11) is 0. The second kappa shape index (κ2) is 4.55. The summed E-state index contributed by atoms with van der Waals surface area (Å²) in [6, 6.07) is 2.03. The Morgan fingerprint density at radius 1 is 1.62 bits per heavy atom. The standard InChI is InChI=1S/C12H18N2OS/c1-12(2)9-13-4-5-14(12)11(15)7-10-3-6-16-8-10/h3,6,8,13H,4-5,7,9H2,1-2H3. The van der Waals surface area contributed by atoms with Gasteiger partial charge in [-0.3, -0.25) is 4.79 Å². The van der Waals surface area contributed by atoms with Crippen molar-refractivity contribution in [1.82, 2.24) is 10.2 Å². The Kier molecular flexibility index (Phi) is 3.30. The second-order valence-electron chi connectivity index (χ2n) is 4.84. The molecule has 0 radical (unpaired) electrons. The van der Waals surface area contributed by atoms with Gasteiger partial charge >= 0.3 is 0 Å². The lowest BCUT2D eigenvalue weighted by Gasteiger charge is -2.42. The average Bonchev–Trinajstić information content (AvgIpc) is 2.69. The number of carbonyl (C=O) groups excluding carboxylic acids is 1. The maximum absolute atomic E-state index is 12.2. The molecule has 1 amide bonds. The summed E-state index contributed by atoms with van der Waals surface area (Å²) in [6.07, 6.45) is 0.535. The number of amides is 1. The van der Waals surface area contributed by atoms with E-state index in [9.17, 15) is 4.79 Å². The van der Waals surface area contributed by atoms with Crippen LogP contribution in [-0.4, -0.2) is 36.0 Å². The lowest BCUT2D eigenvalue weighted by molar-refractivity contribution is -0.136. The summed E-state index contributed by atoms with van der Waals surface area (Å²) in [5.41, 5.74) is 1.06. The number of carbonyl (C=O) groups is 1. The summed E-state index contributed by atoms with van der Waals surface area (Å²) in [6.45, 7) is 6.83. The first-order chi connectivity index (χ1) is 7.59. The SMILES string of the molecule is CC1(C)CNCCN1C(=O)Cc1ccsc1. The highest BCUT2D eigenvalue weighted by atomic mass is 32.1. The van der Waals surface area contributed by atoms with Gasteiger partial charge in [0, 0.05) is 25.2 Å². The van der Waals surface area contributed by atoms with Gasteiger partial charge < -0.3 is 10.2 Å². The molecule has 0 aromatic carbocycles. The van der Waals surface area contributed by atoms with Crippen molar-refractivity contribution in [3.8, 4) is 0 Å². The minimum Gasteiger partial charge on any atom is -0.335 e. The Hall–Kier alpha value is -0.870. The first-order valence-corrected chi connectivity index (χ1v) is 6.56. The number of rotatable bonds is 2. The molecule has 0 aliphatic carbocycles. The van der Waals surface area contributed by atoms with Gasteiger partial charge in [-0.25, -0.2) is 0 Å². The number of nitrogens with one attached hydrogen (secondary N) is 1. The molecule has 0 saturated carbocycles. The molecular weight excluding hydrogens is 220 g/mol. The minimum absolute atomic E-state index is 0.0641. The molecule has 1 aliphatic rings. The lowest BCUT2D eigenvalue weighted by Crippen LogP contribution is -2.60. The molecule has 0 spiro atoms. The van der Waals surface area contributed by atoms with E-state index in [2.05, 4.69) is 19.2 Å². The van der Waals surface area contributed by atoms with Crippen molar-refractivity contribution in [2.45, 2.75) is 25.8 Å². The fraction of sp³-hybridized carbons (Fsp3) is 0.583. The molecule has 2 rings (SSSR count). The maximum Gasteiger partial charge on any atom is 0.227 e. The van der Waals surface area contributed by atoms with Crippen LogP contribution in [0.5, 0.6) is 0 Å². The molecule has 0 bridgehead atoms. The summed E-state index contributed by atoms with van der Waals surface area (Å²) in [4.78, 5) is 14.2. The fourth-order valence-corrected chi connectivity index (χ4v) is 2.78. The van der Waals surface area contributed by atoms with E-state index in [1.165, 1.54) is 0 Å². The van der Waals surface area contributed by atoms with Crippen LogP contribution in [0.25, 0.3) is 0 Å². The van der Waals surface area contributed by atoms with Gasteiger partial charge in [-0.05, 0) is 36.2 Å². The van der Waals surface area contributed by atoms with E-state index >= 15 is 0 Å². The highest BCUT2D eigenvalue weighted by Crippen LogP contribution is 2.18. The van der Waals surface area contributed by atoms with Gasteiger partial charge in [0.2, 0.25) is 5.91 Å². The van der Waals surface area contributed by atoms with Crippen molar-refractivity contribution in [2.75, 3.05) is 19.6 Å². The molecule has 1 saturated heterocycles. The highest BCUT2D eigenvalue weighted by Gasteiger charge is 2.32. The Bertz CT molecular complexity index is 359. The molecule has 1 N–H and O–H groups in total. The molecule has 1 aromatic rings. The summed E-state index contributed by atoms with van der Waals surface area (Å²) >= 11 is 1.65. The number of hydrogen-bond acceptors (Lipinski definition) is 3. The van der Waals surface area contributed by atoms with E-state index in [0.717, 1.165) is 25.2 Å². The maximum atomic E-state index is 12.2. The molecule has 1 fully saturated rings. The molecule has 4 heteroatoms. The van der Waals surface area contributed by atoms with Crippen LogP contribution < -0.4 is 5.32 Å². The number of piperazine rings is 1. The van der Waals surface area contributed by atoms with E-state index in [-0.39, 0.29) is 11.4 Å². The highest BCUT2D eigenvalue weighted by molar-refractivity contribution is 7.07. The van der Waals surface area contributed by atoms with Crippen molar-refractivity contribution in [2.24, 2.45) is 0 Å². The monoisotopic (exact) mass is 238 g/mol. The Balaban J connectivity index is 2.03. The van der Waals surface area contributed by atoms with E-state index in [1.54, 1.807) is 11.3 Å². The van der Waals surface area contributed by atoms with Crippen LogP contribution >= 0.6 is 11.3 Å². The van der Waals surface area contributed by atoms with Crippen molar-refractivity contribution >= 4 is 17.2 Å². The van der Waals surface area contributed by atoms with Gasteiger partial charge in [0.15, 0.2) is 0 Å². The minimum atomic E-state index is -0.0641. The molecule has 1 aliphatic heterocycles. The third-order valence-corrected chi connectivity index (χ3v) is 3.77. The molecule has 0 unspecified atom stereocenters. The van der Waals surface area contributed by atoms with Crippen molar-refractivity contribution < 1.29 is 4.79 Å². The Labute approximate surface area is 100 Å². The Morgan fingerprint density at radius 3 is 3.06 bits per heavy atom. The van der Waals surface area contributed by atoms with E-state index in [4.69, 9.17) is 0 Å². The van der Waals surface area contributed by atoms with E-state index in [1.807, 2.05) is 21.7 Å². The first kappa shape index (κ1) is 11.6. The smallest absolute Gasteiger partial charge is 0.227 e. The van der Waals surface area contributed by atoms with Crippen LogP contribution in [0.2, 0.25) is 0 Å².